The van der Waals surface area contributed by atoms with Gasteiger partial charge in [-0.25, -0.2) is 4.98 Å². The number of aromatic nitrogens is 2. The van der Waals surface area contributed by atoms with Crippen molar-refractivity contribution >= 4 is 5.91 Å². The fourth-order valence-corrected chi connectivity index (χ4v) is 2.83. The van der Waals surface area contributed by atoms with Crippen LogP contribution in [0.3, 0.4) is 0 Å². The van der Waals surface area contributed by atoms with E-state index in [1.807, 2.05) is 0 Å². The number of likely N-dealkylation sites (tertiary alicyclic amines) is 1. The Balaban J connectivity index is 1.50. The molecular formula is C18H18F3N3O2. The van der Waals surface area contributed by atoms with Gasteiger partial charge >= 0.3 is 6.18 Å². The molecule has 0 bridgehead atoms. The average molecular weight is 365 g/mol. The maximum atomic E-state index is 12.7. The van der Waals surface area contributed by atoms with E-state index in [0.717, 1.165) is 18.9 Å². The summed E-state index contributed by atoms with van der Waals surface area (Å²) in [4.78, 5) is 21.6. The first kappa shape index (κ1) is 18.2. The maximum absolute atomic E-state index is 12.7. The molecule has 0 N–H and O–H groups in total. The van der Waals surface area contributed by atoms with Crippen LogP contribution < -0.4 is 4.74 Å². The molecule has 1 aliphatic rings. The number of alkyl halides is 3. The van der Waals surface area contributed by atoms with Crippen molar-refractivity contribution < 1.29 is 22.7 Å². The van der Waals surface area contributed by atoms with Crippen molar-refractivity contribution in [3.8, 4) is 5.88 Å². The second-order valence-electron chi connectivity index (χ2n) is 6.15. The van der Waals surface area contributed by atoms with Crippen LogP contribution in [0.15, 0.2) is 42.7 Å². The lowest BCUT2D eigenvalue weighted by Gasteiger charge is -2.31. The third-order valence-corrected chi connectivity index (χ3v) is 4.29. The van der Waals surface area contributed by atoms with Crippen LogP contribution in [0.5, 0.6) is 5.88 Å². The summed E-state index contributed by atoms with van der Waals surface area (Å²) in [7, 11) is 0. The molecule has 8 heteroatoms. The van der Waals surface area contributed by atoms with Crippen molar-refractivity contribution in [1.82, 2.24) is 14.9 Å². The molecule has 2 aromatic rings. The lowest BCUT2D eigenvalue weighted by atomic mass is 9.97. The number of hydrogen-bond acceptors (Lipinski definition) is 4. The average Bonchev–Trinajstić information content (AvgIpc) is 2.66. The molecule has 1 amide bonds. The van der Waals surface area contributed by atoms with E-state index in [2.05, 4.69) is 9.97 Å². The first-order valence-electron chi connectivity index (χ1n) is 8.30. The predicted octanol–water partition coefficient (Wildman–Crippen LogP) is 3.43. The van der Waals surface area contributed by atoms with Crippen LogP contribution in [0.4, 0.5) is 13.2 Å². The van der Waals surface area contributed by atoms with E-state index in [-0.39, 0.29) is 24.3 Å². The molecule has 0 radical (unpaired) electrons. The number of amides is 1. The monoisotopic (exact) mass is 365 g/mol. The number of nitrogens with zero attached hydrogens (tertiary/aromatic N) is 3. The van der Waals surface area contributed by atoms with Gasteiger partial charge in [-0.1, -0.05) is 6.07 Å². The molecule has 3 rings (SSSR count). The van der Waals surface area contributed by atoms with Gasteiger partial charge in [0.1, 0.15) is 5.69 Å². The normalized spacial score (nSPS) is 15.7. The van der Waals surface area contributed by atoms with E-state index in [1.165, 1.54) is 18.3 Å². The molecule has 1 aliphatic heterocycles. The van der Waals surface area contributed by atoms with Gasteiger partial charge < -0.3 is 9.64 Å². The Morgan fingerprint density at radius 3 is 2.62 bits per heavy atom. The Morgan fingerprint density at radius 2 is 1.96 bits per heavy atom. The first-order valence-corrected chi connectivity index (χ1v) is 8.30. The number of halogens is 3. The van der Waals surface area contributed by atoms with Crippen LogP contribution in [0.1, 0.15) is 28.9 Å². The number of pyridine rings is 2. The van der Waals surface area contributed by atoms with E-state index < -0.39 is 11.9 Å². The van der Waals surface area contributed by atoms with Gasteiger partial charge in [-0.2, -0.15) is 13.2 Å². The number of piperidine rings is 1. The summed E-state index contributed by atoms with van der Waals surface area (Å²) in [5.74, 6) is 0.0787. The summed E-state index contributed by atoms with van der Waals surface area (Å²) in [6.45, 7) is 1.44. The largest absolute Gasteiger partial charge is 0.477 e. The van der Waals surface area contributed by atoms with Crippen molar-refractivity contribution in [1.29, 1.82) is 0 Å². The highest BCUT2D eigenvalue weighted by Crippen LogP contribution is 2.29. The third kappa shape index (κ3) is 4.50. The van der Waals surface area contributed by atoms with Crippen molar-refractivity contribution in [2.75, 3.05) is 19.7 Å². The zero-order chi connectivity index (χ0) is 18.6. The smallest absolute Gasteiger partial charge is 0.433 e. The Hall–Kier alpha value is -2.64. The van der Waals surface area contributed by atoms with E-state index in [4.69, 9.17) is 4.74 Å². The van der Waals surface area contributed by atoms with Gasteiger partial charge in [0.25, 0.3) is 5.91 Å². The van der Waals surface area contributed by atoms with E-state index in [1.54, 1.807) is 23.2 Å². The highest BCUT2D eigenvalue weighted by molar-refractivity contribution is 5.93. The molecule has 0 aromatic carbocycles. The number of hydrogen-bond donors (Lipinski definition) is 0. The zero-order valence-corrected chi connectivity index (χ0v) is 13.9. The predicted molar refractivity (Wildman–Crippen MR) is 87.6 cm³/mol. The van der Waals surface area contributed by atoms with Crippen molar-refractivity contribution in [3.63, 3.8) is 0 Å². The van der Waals surface area contributed by atoms with Gasteiger partial charge in [-0.15, -0.1) is 0 Å². The van der Waals surface area contributed by atoms with Crippen molar-refractivity contribution in [2.24, 2.45) is 5.92 Å². The van der Waals surface area contributed by atoms with Crippen LogP contribution >= 0.6 is 0 Å². The SMILES string of the molecule is O=C(c1cccnc1)N1CCC(COc2cccc(C(F)(F)F)n2)CC1. The molecule has 26 heavy (non-hydrogen) atoms. The first-order chi connectivity index (χ1) is 12.4. The topological polar surface area (TPSA) is 55.3 Å². The molecule has 0 unspecified atom stereocenters. The third-order valence-electron chi connectivity index (χ3n) is 4.29. The fraction of sp³-hybridized carbons (Fsp3) is 0.389. The lowest BCUT2D eigenvalue weighted by Crippen LogP contribution is -2.39. The second-order valence-corrected chi connectivity index (χ2v) is 6.15. The van der Waals surface area contributed by atoms with Crippen molar-refractivity contribution in [2.45, 2.75) is 19.0 Å². The summed E-state index contributed by atoms with van der Waals surface area (Å²) in [6, 6.07) is 7.05. The van der Waals surface area contributed by atoms with Gasteiger partial charge in [-0.3, -0.25) is 9.78 Å². The number of carbonyl (C=O) groups excluding carboxylic acids is 1. The molecule has 0 atom stereocenters. The summed E-state index contributed by atoms with van der Waals surface area (Å²) >= 11 is 0. The summed E-state index contributed by atoms with van der Waals surface area (Å²) in [5, 5.41) is 0. The lowest BCUT2D eigenvalue weighted by molar-refractivity contribution is -0.141. The Morgan fingerprint density at radius 1 is 1.19 bits per heavy atom. The fourth-order valence-electron chi connectivity index (χ4n) is 2.83. The van der Waals surface area contributed by atoms with E-state index >= 15 is 0 Å². The van der Waals surface area contributed by atoms with E-state index in [9.17, 15) is 18.0 Å². The molecule has 3 heterocycles. The summed E-state index contributed by atoms with van der Waals surface area (Å²) < 4.78 is 43.4. The van der Waals surface area contributed by atoms with Gasteiger partial charge in [-0.05, 0) is 37.0 Å². The molecule has 0 spiro atoms. The molecule has 5 nitrogen and oxygen atoms in total. The Bertz CT molecular complexity index is 745. The Labute approximate surface area is 148 Å². The minimum absolute atomic E-state index is 0.0336. The summed E-state index contributed by atoms with van der Waals surface area (Å²) in [6.07, 6.45) is 0.117. The number of rotatable bonds is 4. The van der Waals surface area contributed by atoms with Crippen LogP contribution in [-0.2, 0) is 6.18 Å². The molecule has 1 saturated heterocycles. The van der Waals surface area contributed by atoms with Gasteiger partial charge in [0, 0.05) is 31.5 Å². The second kappa shape index (κ2) is 7.72. The highest BCUT2D eigenvalue weighted by Gasteiger charge is 2.32. The minimum atomic E-state index is -4.49. The highest BCUT2D eigenvalue weighted by atomic mass is 19.4. The van der Waals surface area contributed by atoms with Gasteiger partial charge in [0.2, 0.25) is 5.88 Å². The van der Waals surface area contributed by atoms with Crippen LogP contribution in [-0.4, -0.2) is 40.5 Å². The number of carbonyl (C=O) groups is 1. The zero-order valence-electron chi connectivity index (χ0n) is 13.9. The molecule has 1 fully saturated rings. The summed E-state index contributed by atoms with van der Waals surface area (Å²) in [5.41, 5.74) is -0.415. The van der Waals surface area contributed by atoms with Gasteiger partial charge in [0.05, 0.1) is 12.2 Å². The maximum Gasteiger partial charge on any atom is 0.433 e. The standard InChI is InChI=1S/C18H18F3N3O2/c19-18(20,21)15-4-1-5-16(23-15)26-12-13-6-9-24(10-7-13)17(25)14-3-2-8-22-11-14/h1-5,8,11,13H,6-7,9-10,12H2. The number of ether oxygens (including phenoxy) is 1. The Kier molecular flexibility index (Phi) is 5.39. The molecule has 2 aromatic heterocycles. The van der Waals surface area contributed by atoms with Crippen LogP contribution in [0.2, 0.25) is 0 Å². The van der Waals surface area contributed by atoms with E-state index in [0.29, 0.717) is 18.7 Å². The van der Waals surface area contributed by atoms with Crippen LogP contribution in [0.25, 0.3) is 0 Å². The quantitative estimate of drug-likeness (QED) is 0.833. The minimum Gasteiger partial charge on any atom is -0.477 e. The molecule has 0 aliphatic carbocycles. The molecular weight excluding hydrogens is 347 g/mol. The molecule has 138 valence electrons. The molecule has 0 saturated carbocycles. The van der Waals surface area contributed by atoms with Crippen molar-refractivity contribution in [3.05, 3.63) is 54.0 Å². The van der Waals surface area contributed by atoms with Gasteiger partial charge in [0.15, 0.2) is 0 Å². The van der Waals surface area contributed by atoms with Crippen LogP contribution in [0, 0.1) is 5.92 Å².